The second-order valence-electron chi connectivity index (χ2n) is 7.14. The zero-order chi connectivity index (χ0) is 16.6. The molecule has 25 heavy (non-hydrogen) atoms. The predicted octanol–water partition coefficient (Wildman–Crippen LogP) is 3.86. The second kappa shape index (κ2) is 6.26. The van der Waals surface area contributed by atoms with Gasteiger partial charge in [0.15, 0.2) is 17.3 Å². The molecule has 6 heteroatoms. The van der Waals surface area contributed by atoms with E-state index in [1.807, 2.05) is 24.3 Å². The molecule has 0 bridgehead atoms. The minimum atomic E-state index is 0.305. The van der Waals surface area contributed by atoms with Gasteiger partial charge in [-0.2, -0.15) is 4.98 Å². The molecule has 2 aliphatic rings. The van der Waals surface area contributed by atoms with Gasteiger partial charge in [0.2, 0.25) is 5.89 Å². The Labute approximate surface area is 146 Å². The van der Waals surface area contributed by atoms with Crippen LogP contribution in [0.2, 0.25) is 0 Å². The lowest BCUT2D eigenvalue weighted by Crippen LogP contribution is -2.25. The van der Waals surface area contributed by atoms with Crippen molar-refractivity contribution in [2.24, 2.45) is 0 Å². The van der Waals surface area contributed by atoms with Gasteiger partial charge in [0.1, 0.15) is 5.52 Å². The van der Waals surface area contributed by atoms with Crippen LogP contribution in [0.25, 0.3) is 11.1 Å². The molecule has 1 aliphatic carbocycles. The average molecular weight is 338 g/mol. The van der Waals surface area contributed by atoms with E-state index in [-0.39, 0.29) is 0 Å². The van der Waals surface area contributed by atoms with Gasteiger partial charge in [0, 0.05) is 12.3 Å². The largest absolute Gasteiger partial charge is 0.441 e. The summed E-state index contributed by atoms with van der Waals surface area (Å²) >= 11 is 0. The highest BCUT2D eigenvalue weighted by atomic mass is 16.5. The molecule has 3 aromatic rings. The van der Waals surface area contributed by atoms with Crippen LogP contribution in [0.15, 0.2) is 33.2 Å². The highest BCUT2D eigenvalue weighted by molar-refractivity contribution is 5.72. The Kier molecular flexibility index (Phi) is 3.77. The molecule has 3 heterocycles. The van der Waals surface area contributed by atoms with E-state index in [1.54, 1.807) is 0 Å². The number of fused-ring (bicyclic) bond motifs is 1. The van der Waals surface area contributed by atoms with Gasteiger partial charge in [0.05, 0.1) is 6.04 Å². The lowest BCUT2D eigenvalue weighted by molar-refractivity contribution is 0.237. The van der Waals surface area contributed by atoms with Gasteiger partial charge in [-0.3, -0.25) is 4.90 Å². The number of aromatic nitrogens is 3. The molecule has 0 radical (unpaired) electrons. The van der Waals surface area contributed by atoms with Crippen molar-refractivity contribution in [3.05, 3.63) is 41.9 Å². The minimum absolute atomic E-state index is 0.305. The smallest absolute Gasteiger partial charge is 0.229 e. The maximum atomic E-state index is 5.81. The molecule has 2 fully saturated rings. The first kappa shape index (κ1) is 15.1. The minimum Gasteiger partial charge on any atom is -0.441 e. The Morgan fingerprint density at radius 3 is 2.92 bits per heavy atom. The number of benzene rings is 1. The summed E-state index contributed by atoms with van der Waals surface area (Å²) in [5.41, 5.74) is 1.81. The zero-order valence-electron chi connectivity index (χ0n) is 14.2. The van der Waals surface area contributed by atoms with Crippen LogP contribution in [0.4, 0.5) is 0 Å². The Balaban J connectivity index is 1.20. The van der Waals surface area contributed by atoms with Crippen LogP contribution in [-0.4, -0.2) is 33.1 Å². The molecule has 0 unspecified atom stereocenters. The SMILES string of the molecule is c1ccc2oc(CCCN3CCC[C@H]3c3noc(C4CC4)n3)nc2c1. The van der Waals surface area contributed by atoms with Crippen LogP contribution >= 0.6 is 0 Å². The van der Waals surface area contributed by atoms with Crippen LogP contribution < -0.4 is 0 Å². The topological polar surface area (TPSA) is 68.2 Å². The number of aryl methyl sites for hydroxylation is 1. The van der Waals surface area contributed by atoms with Crippen LogP contribution in [0.3, 0.4) is 0 Å². The van der Waals surface area contributed by atoms with E-state index in [9.17, 15) is 0 Å². The number of hydrogen-bond donors (Lipinski definition) is 0. The average Bonchev–Trinajstić information content (AvgIpc) is 3.05. The molecule has 6 nitrogen and oxygen atoms in total. The summed E-state index contributed by atoms with van der Waals surface area (Å²) < 4.78 is 11.3. The maximum Gasteiger partial charge on any atom is 0.229 e. The molecule has 1 saturated carbocycles. The number of hydrogen-bond acceptors (Lipinski definition) is 6. The fraction of sp³-hybridized carbons (Fsp3) is 0.526. The Bertz CT molecular complexity index is 834. The summed E-state index contributed by atoms with van der Waals surface area (Å²) in [7, 11) is 0. The van der Waals surface area contributed by atoms with E-state index in [2.05, 4.69) is 20.0 Å². The molecule has 1 saturated heterocycles. The highest BCUT2D eigenvalue weighted by Gasteiger charge is 2.33. The molecule has 1 aliphatic heterocycles. The molecule has 130 valence electrons. The van der Waals surface area contributed by atoms with E-state index in [0.29, 0.717) is 12.0 Å². The first-order chi connectivity index (χ1) is 12.4. The van der Waals surface area contributed by atoms with Crippen LogP contribution in [0.1, 0.15) is 61.7 Å². The quantitative estimate of drug-likeness (QED) is 0.680. The molecule has 0 N–H and O–H groups in total. The second-order valence-corrected chi connectivity index (χ2v) is 7.14. The van der Waals surface area contributed by atoms with Crippen LogP contribution in [0.5, 0.6) is 0 Å². The van der Waals surface area contributed by atoms with Crippen molar-refractivity contribution < 1.29 is 8.94 Å². The van der Waals surface area contributed by atoms with Crippen molar-refractivity contribution in [2.75, 3.05) is 13.1 Å². The van der Waals surface area contributed by atoms with E-state index < -0.39 is 0 Å². The van der Waals surface area contributed by atoms with Gasteiger partial charge >= 0.3 is 0 Å². The molecule has 1 aromatic carbocycles. The molecule has 2 aromatic heterocycles. The summed E-state index contributed by atoms with van der Waals surface area (Å²) in [5.74, 6) is 3.07. The third-order valence-corrected chi connectivity index (χ3v) is 5.22. The highest BCUT2D eigenvalue weighted by Crippen LogP contribution is 2.40. The van der Waals surface area contributed by atoms with Crippen LogP contribution in [0, 0.1) is 0 Å². The summed E-state index contributed by atoms with van der Waals surface area (Å²) in [4.78, 5) is 11.7. The zero-order valence-corrected chi connectivity index (χ0v) is 14.2. The monoisotopic (exact) mass is 338 g/mol. The molecular weight excluding hydrogens is 316 g/mol. The van der Waals surface area contributed by atoms with Gasteiger partial charge in [-0.15, -0.1) is 0 Å². The van der Waals surface area contributed by atoms with Crippen molar-refractivity contribution in [3.8, 4) is 0 Å². The lowest BCUT2D eigenvalue weighted by Gasteiger charge is -2.21. The fourth-order valence-corrected chi connectivity index (χ4v) is 3.73. The molecule has 1 atom stereocenters. The Morgan fingerprint density at radius 1 is 1.12 bits per heavy atom. The summed E-state index contributed by atoms with van der Waals surface area (Å²) in [6, 6.07) is 8.24. The molecular formula is C19H22N4O2. The van der Waals surface area contributed by atoms with Gasteiger partial charge in [-0.05, 0) is 57.3 Å². The van der Waals surface area contributed by atoms with E-state index in [4.69, 9.17) is 8.94 Å². The summed E-state index contributed by atoms with van der Waals surface area (Å²) in [6.45, 7) is 2.11. The van der Waals surface area contributed by atoms with E-state index in [0.717, 1.165) is 61.1 Å². The third kappa shape index (κ3) is 3.06. The number of rotatable bonds is 6. The molecule has 0 amide bonds. The lowest BCUT2D eigenvalue weighted by atomic mass is 10.2. The van der Waals surface area contributed by atoms with Crippen molar-refractivity contribution >= 4 is 11.1 Å². The fourth-order valence-electron chi connectivity index (χ4n) is 3.73. The van der Waals surface area contributed by atoms with E-state index in [1.165, 1.54) is 19.3 Å². The normalized spacial score (nSPS) is 21.4. The summed E-state index contributed by atoms with van der Waals surface area (Å²) in [5, 5.41) is 4.25. The summed E-state index contributed by atoms with van der Waals surface area (Å²) in [6.07, 6.45) is 6.59. The third-order valence-electron chi connectivity index (χ3n) is 5.22. The van der Waals surface area contributed by atoms with E-state index >= 15 is 0 Å². The number of oxazole rings is 1. The van der Waals surface area contributed by atoms with Gasteiger partial charge < -0.3 is 8.94 Å². The van der Waals surface area contributed by atoms with Gasteiger partial charge in [0.25, 0.3) is 0 Å². The Morgan fingerprint density at radius 2 is 2.04 bits per heavy atom. The standard InChI is InChI=1S/C19H22N4O2/c1-2-7-16-14(5-1)20-17(24-16)8-4-12-23-11-3-6-15(23)18-21-19(25-22-18)13-9-10-13/h1-2,5,7,13,15H,3-4,6,8-12H2/t15-/m0/s1. The maximum absolute atomic E-state index is 5.81. The number of nitrogens with zero attached hydrogens (tertiary/aromatic N) is 4. The number of para-hydroxylation sites is 2. The predicted molar refractivity (Wildman–Crippen MR) is 92.2 cm³/mol. The van der Waals surface area contributed by atoms with Crippen LogP contribution in [-0.2, 0) is 6.42 Å². The molecule has 5 rings (SSSR count). The number of likely N-dealkylation sites (tertiary alicyclic amines) is 1. The Hall–Kier alpha value is -2.21. The van der Waals surface area contributed by atoms with Crippen molar-refractivity contribution in [2.45, 2.75) is 50.5 Å². The first-order valence-corrected chi connectivity index (χ1v) is 9.29. The van der Waals surface area contributed by atoms with Crippen molar-refractivity contribution in [3.63, 3.8) is 0 Å². The van der Waals surface area contributed by atoms with Gasteiger partial charge in [-0.1, -0.05) is 17.3 Å². The van der Waals surface area contributed by atoms with Gasteiger partial charge in [-0.25, -0.2) is 4.98 Å². The van der Waals surface area contributed by atoms with Crippen molar-refractivity contribution in [1.29, 1.82) is 0 Å². The molecule has 0 spiro atoms. The first-order valence-electron chi connectivity index (χ1n) is 9.29. The van der Waals surface area contributed by atoms with Crippen molar-refractivity contribution in [1.82, 2.24) is 20.0 Å².